The van der Waals surface area contributed by atoms with Gasteiger partial charge < -0.3 is 25.5 Å². The molecule has 79 valence electrons. The molecule has 1 rings (SSSR count). The zero-order valence-electron chi connectivity index (χ0n) is 7.62. The number of aliphatic carboxylic acids is 1. The average molecular weight is 247 g/mol. The van der Waals surface area contributed by atoms with Crippen molar-refractivity contribution in [3.05, 3.63) is 30.1 Å². The van der Waals surface area contributed by atoms with E-state index < -0.39 is 11.9 Å². The van der Waals surface area contributed by atoms with Crippen molar-refractivity contribution in [3.8, 4) is 0 Å². The van der Waals surface area contributed by atoms with E-state index in [2.05, 4.69) is 10.7 Å². The number of carbonyl (C=O) groups excluding carboxylic acids is 2. The van der Waals surface area contributed by atoms with E-state index in [4.69, 9.17) is 9.90 Å². The Morgan fingerprint density at radius 1 is 1.40 bits per heavy atom. The number of aromatic nitrogens is 1. The first-order chi connectivity index (χ1) is 6.57. The Morgan fingerprint density at radius 2 is 1.93 bits per heavy atom. The molecule has 0 unspecified atom stereocenters. The number of carboxylic acids is 2. The summed E-state index contributed by atoms with van der Waals surface area (Å²) in [6.45, 7) is -0.389. The quantitative estimate of drug-likeness (QED) is 0.600. The van der Waals surface area contributed by atoms with Crippen molar-refractivity contribution >= 4 is 11.9 Å². The van der Waals surface area contributed by atoms with Gasteiger partial charge in [-0.25, -0.2) is 0 Å². The number of pyridine rings is 1. The standard InChI is InChI=1S/C6H5NO2.C2H5NO2.V/c8-6(9)5-2-1-3-7-4-5;3-1-2(4)5;/h1-4H,(H,8,9);1,3H2,(H,4,5);/q;;+2/p-2. The summed E-state index contributed by atoms with van der Waals surface area (Å²) >= 11 is 0. The second-order valence-electron chi connectivity index (χ2n) is 2.11. The molecule has 0 aliphatic heterocycles. The number of hydrogen-bond acceptors (Lipinski definition) is 6. The fraction of sp³-hybridized carbons (Fsp3) is 0.125. The van der Waals surface area contributed by atoms with E-state index >= 15 is 0 Å². The zero-order chi connectivity index (χ0) is 11.0. The van der Waals surface area contributed by atoms with E-state index in [1.54, 1.807) is 6.07 Å². The second kappa shape index (κ2) is 9.20. The van der Waals surface area contributed by atoms with Gasteiger partial charge in [-0.05, 0) is 6.07 Å². The van der Waals surface area contributed by atoms with Crippen molar-refractivity contribution in [1.82, 2.24) is 4.98 Å². The van der Waals surface area contributed by atoms with Crippen LogP contribution >= 0.6 is 0 Å². The van der Waals surface area contributed by atoms with Crippen molar-refractivity contribution < 1.29 is 38.4 Å². The van der Waals surface area contributed by atoms with Crippen LogP contribution in [-0.2, 0) is 23.4 Å². The molecule has 0 amide bonds. The van der Waals surface area contributed by atoms with E-state index in [0.29, 0.717) is 0 Å². The molecule has 0 atom stereocenters. The van der Waals surface area contributed by atoms with Crippen LogP contribution in [0.1, 0.15) is 10.4 Å². The molecule has 0 aliphatic carbocycles. The van der Waals surface area contributed by atoms with Gasteiger partial charge >= 0.3 is 18.6 Å². The molecule has 0 spiro atoms. The van der Waals surface area contributed by atoms with Crippen LogP contribution in [0, 0.1) is 0 Å². The predicted molar refractivity (Wildman–Crippen MR) is 42.6 cm³/mol. The molecule has 2 N–H and O–H groups in total. The van der Waals surface area contributed by atoms with Crippen LogP contribution in [0.4, 0.5) is 0 Å². The summed E-state index contributed by atoms with van der Waals surface area (Å²) in [5.74, 6) is -2.41. The van der Waals surface area contributed by atoms with Crippen molar-refractivity contribution in [1.29, 1.82) is 0 Å². The molecule has 6 nitrogen and oxygen atoms in total. The molecular formula is C8H8N2O4V. The van der Waals surface area contributed by atoms with Gasteiger partial charge in [-0.3, -0.25) is 4.98 Å². The molecule has 0 aliphatic rings. The molecular weight excluding hydrogens is 239 g/mol. The van der Waals surface area contributed by atoms with Crippen molar-refractivity contribution in [3.63, 3.8) is 0 Å². The van der Waals surface area contributed by atoms with E-state index in [1.807, 2.05) is 0 Å². The summed E-state index contributed by atoms with van der Waals surface area (Å²) in [5, 5.41) is 19.2. The molecule has 1 aromatic rings. The number of rotatable bonds is 2. The van der Waals surface area contributed by atoms with Gasteiger partial charge in [0.15, 0.2) is 0 Å². The third kappa shape index (κ3) is 8.95. The van der Waals surface area contributed by atoms with Crippen molar-refractivity contribution in [2.75, 3.05) is 6.54 Å². The van der Waals surface area contributed by atoms with Gasteiger partial charge in [0.1, 0.15) is 0 Å². The fourth-order valence-corrected chi connectivity index (χ4v) is 0.484. The van der Waals surface area contributed by atoms with E-state index in [1.165, 1.54) is 18.5 Å². The Kier molecular flexibility index (Phi) is 9.86. The van der Waals surface area contributed by atoms with Gasteiger partial charge in [-0.1, -0.05) is 6.07 Å². The van der Waals surface area contributed by atoms with Crippen LogP contribution in [-0.4, -0.2) is 23.5 Å². The topological polar surface area (TPSA) is 119 Å². The van der Waals surface area contributed by atoms with Gasteiger partial charge in [-0.2, -0.15) is 0 Å². The Morgan fingerprint density at radius 3 is 2.13 bits per heavy atom. The maximum Gasteiger partial charge on any atom is 2.00 e. The third-order valence-corrected chi connectivity index (χ3v) is 1.06. The predicted octanol–water partition coefficient (Wildman–Crippen LogP) is -2.86. The molecule has 0 saturated heterocycles. The SMILES string of the molecule is NCC(=O)[O-].O=C([O-])c1cccnc1.[V+2]. The number of hydrogen-bond donors (Lipinski definition) is 1. The largest absolute Gasteiger partial charge is 2.00 e. The number of nitrogens with two attached hydrogens (primary N) is 1. The van der Waals surface area contributed by atoms with Crippen LogP contribution < -0.4 is 15.9 Å². The molecule has 15 heavy (non-hydrogen) atoms. The molecule has 1 aromatic heterocycles. The maximum absolute atomic E-state index is 10.0. The van der Waals surface area contributed by atoms with E-state index in [-0.39, 0.29) is 30.7 Å². The minimum atomic E-state index is -1.22. The maximum atomic E-state index is 10.0. The minimum Gasteiger partial charge on any atom is -0.549 e. The molecule has 0 bridgehead atoms. The second-order valence-corrected chi connectivity index (χ2v) is 2.11. The molecule has 0 fully saturated rings. The summed E-state index contributed by atoms with van der Waals surface area (Å²) in [4.78, 5) is 22.8. The monoisotopic (exact) mass is 247 g/mol. The first-order valence-corrected chi connectivity index (χ1v) is 3.59. The molecule has 1 heterocycles. The number of nitrogens with zero attached hydrogens (tertiary/aromatic N) is 1. The van der Waals surface area contributed by atoms with Crippen molar-refractivity contribution in [2.45, 2.75) is 0 Å². The van der Waals surface area contributed by atoms with Gasteiger partial charge in [0, 0.05) is 24.5 Å². The van der Waals surface area contributed by atoms with E-state index in [0.717, 1.165) is 0 Å². The number of aromatic carboxylic acids is 1. The van der Waals surface area contributed by atoms with Crippen molar-refractivity contribution in [2.24, 2.45) is 5.73 Å². The molecule has 7 heteroatoms. The summed E-state index contributed by atoms with van der Waals surface area (Å²) < 4.78 is 0. The van der Waals surface area contributed by atoms with Gasteiger partial charge in [0.05, 0.1) is 11.9 Å². The molecule has 0 saturated carbocycles. The van der Waals surface area contributed by atoms with Crippen LogP contribution in [0.25, 0.3) is 0 Å². The van der Waals surface area contributed by atoms with Gasteiger partial charge in [0.25, 0.3) is 0 Å². The minimum absolute atomic E-state index is 0. The molecule has 1 radical (unpaired) electrons. The normalized spacial score (nSPS) is 7.80. The Hall–Kier alpha value is -1.37. The first kappa shape index (κ1) is 16.1. The first-order valence-electron chi connectivity index (χ1n) is 3.59. The molecule has 0 aromatic carbocycles. The Labute approximate surface area is 98.0 Å². The van der Waals surface area contributed by atoms with Crippen LogP contribution in [0.2, 0.25) is 0 Å². The van der Waals surface area contributed by atoms with Crippen LogP contribution in [0.3, 0.4) is 0 Å². The van der Waals surface area contributed by atoms with E-state index in [9.17, 15) is 9.90 Å². The Bertz CT molecular complexity index is 305. The van der Waals surface area contributed by atoms with Crippen LogP contribution in [0.15, 0.2) is 24.5 Å². The number of carbonyl (C=O) groups is 2. The van der Waals surface area contributed by atoms with Gasteiger partial charge in [-0.15, -0.1) is 0 Å². The van der Waals surface area contributed by atoms with Crippen LogP contribution in [0.5, 0.6) is 0 Å². The van der Waals surface area contributed by atoms with Gasteiger partial charge in [0.2, 0.25) is 0 Å². The summed E-state index contributed by atoms with van der Waals surface area (Å²) in [6, 6.07) is 2.98. The summed E-state index contributed by atoms with van der Waals surface area (Å²) in [5.41, 5.74) is 4.62. The fourth-order valence-electron chi connectivity index (χ4n) is 0.484. The third-order valence-electron chi connectivity index (χ3n) is 1.06. The number of carboxylic acid groups (broad SMARTS) is 2. The summed E-state index contributed by atoms with van der Waals surface area (Å²) in [7, 11) is 0. The summed E-state index contributed by atoms with van der Waals surface area (Å²) in [6.07, 6.45) is 2.75. The smallest absolute Gasteiger partial charge is 0.549 e. The zero-order valence-corrected chi connectivity index (χ0v) is 9.02. The Balaban J connectivity index is 0. The average Bonchev–Trinajstić information content (AvgIpc) is 2.20.